The molecule has 1 aliphatic rings. The maximum atomic E-state index is 13.2. The van der Waals surface area contributed by atoms with Gasteiger partial charge in [0.25, 0.3) is 5.91 Å². The van der Waals surface area contributed by atoms with E-state index < -0.39 is 6.04 Å². The molecule has 4 rings (SSSR count). The number of aryl methyl sites for hydroxylation is 3. The molecule has 1 fully saturated rings. The lowest BCUT2D eigenvalue weighted by molar-refractivity contribution is -0.118. The van der Waals surface area contributed by atoms with Crippen LogP contribution in [0.25, 0.3) is 11.1 Å². The van der Waals surface area contributed by atoms with Crippen molar-refractivity contribution in [3.05, 3.63) is 53.6 Å². The van der Waals surface area contributed by atoms with Crippen LogP contribution in [0.1, 0.15) is 60.4 Å². The summed E-state index contributed by atoms with van der Waals surface area (Å²) < 4.78 is 1.52. The lowest BCUT2D eigenvalue weighted by atomic mass is 9.84. The molecule has 33 heavy (non-hydrogen) atoms. The number of anilines is 1. The summed E-state index contributed by atoms with van der Waals surface area (Å²) in [6, 6.07) is 8.78. The van der Waals surface area contributed by atoms with Crippen molar-refractivity contribution < 1.29 is 9.59 Å². The second kappa shape index (κ2) is 10.0. The van der Waals surface area contributed by atoms with Crippen molar-refractivity contribution in [2.45, 2.75) is 58.4 Å². The van der Waals surface area contributed by atoms with Crippen molar-refractivity contribution in [1.29, 1.82) is 0 Å². The van der Waals surface area contributed by atoms with E-state index in [0.29, 0.717) is 23.7 Å². The van der Waals surface area contributed by atoms with E-state index in [9.17, 15) is 9.59 Å². The Morgan fingerprint density at radius 3 is 2.45 bits per heavy atom. The first-order valence-electron chi connectivity index (χ1n) is 11.6. The molecule has 2 heterocycles. The fourth-order valence-electron chi connectivity index (χ4n) is 4.74. The van der Waals surface area contributed by atoms with Crippen LogP contribution in [0.15, 0.2) is 36.5 Å². The number of aromatic amines is 1. The maximum absolute atomic E-state index is 13.2. The van der Waals surface area contributed by atoms with E-state index in [2.05, 4.69) is 25.9 Å². The number of hydrogen-bond donors (Lipinski definition) is 3. The smallest absolute Gasteiger partial charge is 0.270 e. The number of amides is 2. The summed E-state index contributed by atoms with van der Waals surface area (Å²) in [5.41, 5.74) is 5.20. The third kappa shape index (κ3) is 5.32. The van der Waals surface area contributed by atoms with Gasteiger partial charge in [-0.2, -0.15) is 10.2 Å². The lowest BCUT2D eigenvalue weighted by Crippen LogP contribution is -2.45. The quantitative estimate of drug-likeness (QED) is 0.505. The molecule has 2 amide bonds. The van der Waals surface area contributed by atoms with Gasteiger partial charge in [-0.15, -0.1) is 0 Å². The zero-order valence-corrected chi connectivity index (χ0v) is 19.5. The van der Waals surface area contributed by atoms with Gasteiger partial charge in [-0.25, -0.2) is 0 Å². The van der Waals surface area contributed by atoms with E-state index in [4.69, 9.17) is 0 Å². The van der Waals surface area contributed by atoms with Gasteiger partial charge in [0, 0.05) is 30.2 Å². The average Bonchev–Trinajstić information content (AvgIpc) is 3.39. The normalized spacial score (nSPS) is 15.2. The number of rotatable bonds is 7. The molecule has 1 aromatic carbocycles. The van der Waals surface area contributed by atoms with Crippen molar-refractivity contribution in [2.24, 2.45) is 13.0 Å². The van der Waals surface area contributed by atoms with E-state index in [0.717, 1.165) is 35.4 Å². The van der Waals surface area contributed by atoms with Gasteiger partial charge in [0.2, 0.25) is 5.91 Å². The van der Waals surface area contributed by atoms with Crippen LogP contribution in [0.5, 0.6) is 0 Å². The monoisotopic (exact) mass is 448 g/mol. The van der Waals surface area contributed by atoms with E-state index in [-0.39, 0.29) is 11.8 Å². The highest BCUT2D eigenvalue weighted by Crippen LogP contribution is 2.29. The molecule has 8 nitrogen and oxygen atoms in total. The molecule has 0 bridgehead atoms. The fourth-order valence-corrected chi connectivity index (χ4v) is 4.74. The molecule has 8 heteroatoms. The van der Waals surface area contributed by atoms with Gasteiger partial charge in [0.15, 0.2) is 0 Å². The molecule has 1 unspecified atom stereocenters. The van der Waals surface area contributed by atoms with Crippen LogP contribution < -0.4 is 10.6 Å². The Balaban J connectivity index is 1.48. The molecular formula is C25H32N6O2. The number of carbonyl (C=O) groups is 2. The third-order valence-corrected chi connectivity index (χ3v) is 6.54. The van der Waals surface area contributed by atoms with Crippen molar-refractivity contribution in [2.75, 3.05) is 5.32 Å². The Kier molecular flexibility index (Phi) is 6.91. The van der Waals surface area contributed by atoms with Crippen LogP contribution >= 0.6 is 0 Å². The molecule has 1 atom stereocenters. The zero-order chi connectivity index (χ0) is 23.4. The van der Waals surface area contributed by atoms with Crippen LogP contribution in [0.4, 0.5) is 5.69 Å². The molecule has 0 aliphatic heterocycles. The predicted molar refractivity (Wildman–Crippen MR) is 128 cm³/mol. The van der Waals surface area contributed by atoms with E-state index >= 15 is 0 Å². The van der Waals surface area contributed by atoms with E-state index in [1.807, 2.05) is 38.1 Å². The van der Waals surface area contributed by atoms with Crippen molar-refractivity contribution >= 4 is 17.5 Å². The highest BCUT2D eigenvalue weighted by atomic mass is 16.2. The van der Waals surface area contributed by atoms with E-state index in [1.165, 1.54) is 23.9 Å². The second-order valence-corrected chi connectivity index (χ2v) is 8.98. The molecule has 0 saturated heterocycles. The summed E-state index contributed by atoms with van der Waals surface area (Å²) in [4.78, 5) is 26.0. The van der Waals surface area contributed by atoms with E-state index in [1.54, 1.807) is 19.3 Å². The van der Waals surface area contributed by atoms with Crippen LogP contribution in [-0.2, 0) is 11.8 Å². The van der Waals surface area contributed by atoms with Crippen LogP contribution in [0, 0.1) is 19.8 Å². The average molecular weight is 449 g/mol. The van der Waals surface area contributed by atoms with Gasteiger partial charge in [0.1, 0.15) is 11.7 Å². The zero-order valence-electron chi connectivity index (χ0n) is 19.5. The van der Waals surface area contributed by atoms with Gasteiger partial charge in [-0.1, -0.05) is 44.2 Å². The fraction of sp³-hybridized carbons (Fsp3) is 0.440. The van der Waals surface area contributed by atoms with Crippen molar-refractivity contribution in [3.63, 3.8) is 0 Å². The number of benzene rings is 1. The summed E-state index contributed by atoms with van der Waals surface area (Å²) in [6.07, 6.45) is 8.03. The molecule has 3 N–H and O–H groups in total. The standard InChI is InChI=1S/C25H32N6O2/c1-16-23(17(2)30-29-16)19-9-11-20(12-10-19)27-24(32)21(15-18-7-5-4-6-8-18)28-25(33)22-13-14-26-31(22)3/h9-14,18,21H,4-8,15H2,1-3H3,(H,27,32)(H,28,33)(H,29,30). The summed E-state index contributed by atoms with van der Waals surface area (Å²) in [7, 11) is 1.72. The minimum Gasteiger partial charge on any atom is -0.339 e. The highest BCUT2D eigenvalue weighted by Gasteiger charge is 2.27. The molecule has 2 aromatic heterocycles. The summed E-state index contributed by atoms with van der Waals surface area (Å²) in [5.74, 6) is -0.0394. The topological polar surface area (TPSA) is 105 Å². The minimum absolute atomic E-state index is 0.195. The molecule has 174 valence electrons. The SMILES string of the molecule is Cc1n[nH]c(C)c1-c1ccc(NC(=O)C(CC2CCCCC2)NC(=O)c2ccnn2C)cc1. The lowest BCUT2D eigenvalue weighted by Gasteiger charge is -2.26. The van der Waals surface area contributed by atoms with Crippen molar-refractivity contribution in [1.82, 2.24) is 25.3 Å². The Morgan fingerprint density at radius 2 is 1.85 bits per heavy atom. The van der Waals surface area contributed by atoms with Gasteiger partial charge in [0.05, 0.1) is 5.69 Å². The molecule has 0 radical (unpaired) electrons. The summed E-state index contributed by atoms with van der Waals surface area (Å²) in [5, 5.41) is 17.3. The largest absolute Gasteiger partial charge is 0.339 e. The van der Waals surface area contributed by atoms with Gasteiger partial charge in [-0.3, -0.25) is 19.4 Å². The third-order valence-electron chi connectivity index (χ3n) is 6.54. The van der Waals surface area contributed by atoms with Crippen LogP contribution in [0.3, 0.4) is 0 Å². The number of nitrogens with one attached hydrogen (secondary N) is 3. The Morgan fingerprint density at radius 1 is 1.12 bits per heavy atom. The number of H-pyrrole nitrogens is 1. The van der Waals surface area contributed by atoms with Crippen molar-refractivity contribution in [3.8, 4) is 11.1 Å². The van der Waals surface area contributed by atoms with Gasteiger partial charge >= 0.3 is 0 Å². The van der Waals surface area contributed by atoms with Gasteiger partial charge in [-0.05, 0) is 49.9 Å². The summed E-state index contributed by atoms with van der Waals surface area (Å²) in [6.45, 7) is 3.96. The number of carbonyl (C=O) groups excluding carboxylic acids is 2. The molecular weight excluding hydrogens is 416 g/mol. The first-order chi connectivity index (χ1) is 15.9. The summed E-state index contributed by atoms with van der Waals surface area (Å²) >= 11 is 0. The number of nitrogens with zero attached hydrogens (tertiary/aromatic N) is 3. The van der Waals surface area contributed by atoms with Gasteiger partial charge < -0.3 is 10.6 Å². The number of hydrogen-bond acceptors (Lipinski definition) is 4. The molecule has 1 aliphatic carbocycles. The maximum Gasteiger partial charge on any atom is 0.270 e. The first-order valence-corrected chi connectivity index (χ1v) is 11.6. The minimum atomic E-state index is -0.603. The van der Waals surface area contributed by atoms with Crippen LogP contribution in [0.2, 0.25) is 0 Å². The molecule has 1 saturated carbocycles. The molecule has 3 aromatic rings. The Hall–Kier alpha value is -3.42. The Bertz CT molecular complexity index is 1090. The number of aromatic nitrogens is 4. The Labute approximate surface area is 194 Å². The first kappa shape index (κ1) is 22.8. The highest BCUT2D eigenvalue weighted by molar-refractivity contribution is 6.00. The second-order valence-electron chi connectivity index (χ2n) is 8.98. The van der Waals surface area contributed by atoms with Crippen LogP contribution in [-0.4, -0.2) is 37.8 Å². The molecule has 0 spiro atoms. The predicted octanol–water partition coefficient (Wildman–Crippen LogP) is 4.13.